The molecule has 0 radical (unpaired) electrons. The maximum absolute atomic E-state index is 11.9. The van der Waals surface area contributed by atoms with Crippen LogP contribution in [0.1, 0.15) is 19.3 Å². The van der Waals surface area contributed by atoms with Crippen LogP contribution in [-0.2, 0) is 18.8 Å². The average molecular weight is 252 g/mol. The second-order valence-electron chi connectivity index (χ2n) is 4.98. The van der Waals surface area contributed by atoms with Crippen molar-refractivity contribution < 1.29 is 4.74 Å². The van der Waals surface area contributed by atoms with E-state index in [1.807, 2.05) is 0 Å². The van der Waals surface area contributed by atoms with Crippen molar-refractivity contribution in [3.63, 3.8) is 0 Å². The van der Waals surface area contributed by atoms with Crippen LogP contribution in [0.2, 0.25) is 0 Å². The molecule has 1 aromatic heterocycles. The van der Waals surface area contributed by atoms with Crippen molar-refractivity contribution in [1.29, 1.82) is 0 Å². The van der Waals surface area contributed by atoms with E-state index < -0.39 is 5.69 Å². The van der Waals surface area contributed by atoms with Gasteiger partial charge in [0.05, 0.1) is 18.2 Å². The Balaban J connectivity index is 1.90. The molecule has 0 saturated carbocycles. The third kappa shape index (κ3) is 1.66. The molecule has 18 heavy (non-hydrogen) atoms. The van der Waals surface area contributed by atoms with E-state index in [0.717, 1.165) is 28.5 Å². The molecule has 2 saturated heterocycles. The minimum atomic E-state index is -0.422. The minimum absolute atomic E-state index is 0.126. The van der Waals surface area contributed by atoms with E-state index in [-0.39, 0.29) is 23.5 Å². The number of aromatic nitrogens is 3. The number of nitrogens with zero attached hydrogens (tertiary/aromatic N) is 3. The summed E-state index contributed by atoms with van der Waals surface area (Å²) in [7, 11) is 2.99. The van der Waals surface area contributed by atoms with Gasteiger partial charge in [-0.1, -0.05) is 0 Å². The zero-order valence-corrected chi connectivity index (χ0v) is 10.4. The van der Waals surface area contributed by atoms with Crippen LogP contribution < -0.4 is 16.6 Å². The van der Waals surface area contributed by atoms with Crippen molar-refractivity contribution in [1.82, 2.24) is 14.3 Å². The van der Waals surface area contributed by atoms with Gasteiger partial charge in [-0.3, -0.25) is 9.36 Å². The summed E-state index contributed by atoms with van der Waals surface area (Å²) in [6.45, 7) is 0. The molecule has 3 atom stereocenters. The highest BCUT2D eigenvalue weighted by Gasteiger charge is 2.41. The highest BCUT2D eigenvalue weighted by molar-refractivity contribution is 5.32. The van der Waals surface area contributed by atoms with Crippen molar-refractivity contribution >= 4 is 5.82 Å². The van der Waals surface area contributed by atoms with Gasteiger partial charge in [0.1, 0.15) is 0 Å². The van der Waals surface area contributed by atoms with Crippen LogP contribution in [-0.4, -0.2) is 32.6 Å². The second kappa shape index (κ2) is 3.94. The van der Waals surface area contributed by atoms with Gasteiger partial charge in [-0.2, -0.15) is 0 Å². The van der Waals surface area contributed by atoms with E-state index in [9.17, 15) is 9.59 Å². The molecule has 3 heterocycles. The molecule has 1 aromatic rings. The molecule has 0 spiro atoms. The minimum Gasteiger partial charge on any atom is -0.373 e. The molecule has 1 N–H and O–H groups in total. The highest BCUT2D eigenvalue weighted by Crippen LogP contribution is 2.35. The first-order valence-corrected chi connectivity index (χ1v) is 6.12. The van der Waals surface area contributed by atoms with Gasteiger partial charge in [0.15, 0.2) is 0 Å². The van der Waals surface area contributed by atoms with Gasteiger partial charge in [0, 0.05) is 14.1 Å². The summed E-state index contributed by atoms with van der Waals surface area (Å²) in [6, 6.07) is 0.126. The first-order chi connectivity index (χ1) is 8.56. The molecule has 0 amide bonds. The quantitative estimate of drug-likeness (QED) is 0.746. The molecule has 3 rings (SSSR count). The normalized spacial score (nSPS) is 29.8. The SMILES string of the molecule is Cn1nc(NC2CC3CCC2O3)c(=O)n(C)c1=O. The maximum atomic E-state index is 11.9. The topological polar surface area (TPSA) is 78.2 Å². The van der Waals surface area contributed by atoms with Gasteiger partial charge in [0.25, 0.3) is 5.56 Å². The van der Waals surface area contributed by atoms with E-state index in [2.05, 4.69) is 10.4 Å². The fourth-order valence-electron chi connectivity index (χ4n) is 2.75. The second-order valence-corrected chi connectivity index (χ2v) is 4.98. The average Bonchev–Trinajstić information content (AvgIpc) is 2.95. The van der Waals surface area contributed by atoms with Crippen LogP contribution in [0.5, 0.6) is 0 Å². The van der Waals surface area contributed by atoms with E-state index in [4.69, 9.17) is 4.74 Å². The Morgan fingerprint density at radius 2 is 2.11 bits per heavy atom. The number of hydrogen-bond acceptors (Lipinski definition) is 5. The van der Waals surface area contributed by atoms with Crippen LogP contribution >= 0.6 is 0 Å². The number of aryl methyl sites for hydroxylation is 1. The Hall–Kier alpha value is -1.63. The zero-order valence-electron chi connectivity index (χ0n) is 10.4. The van der Waals surface area contributed by atoms with E-state index >= 15 is 0 Å². The molecule has 7 heteroatoms. The number of fused-ring (bicyclic) bond motifs is 2. The Kier molecular flexibility index (Phi) is 2.51. The summed E-state index contributed by atoms with van der Waals surface area (Å²) in [5, 5.41) is 7.10. The lowest BCUT2D eigenvalue weighted by Gasteiger charge is -2.20. The maximum Gasteiger partial charge on any atom is 0.346 e. The van der Waals surface area contributed by atoms with Crippen LogP contribution in [0.25, 0.3) is 0 Å². The fourth-order valence-corrected chi connectivity index (χ4v) is 2.75. The molecule has 98 valence electrons. The molecule has 7 nitrogen and oxygen atoms in total. The Bertz CT molecular complexity index is 591. The largest absolute Gasteiger partial charge is 0.373 e. The summed E-state index contributed by atoms with van der Waals surface area (Å²) >= 11 is 0. The first kappa shape index (κ1) is 11.5. The fraction of sp³-hybridized carbons (Fsp3) is 0.727. The van der Waals surface area contributed by atoms with E-state index in [1.165, 1.54) is 14.1 Å². The lowest BCUT2D eigenvalue weighted by Crippen LogP contribution is -2.42. The van der Waals surface area contributed by atoms with Crippen LogP contribution in [0.15, 0.2) is 9.59 Å². The first-order valence-electron chi connectivity index (χ1n) is 6.12. The highest BCUT2D eigenvalue weighted by atomic mass is 16.5. The summed E-state index contributed by atoms with van der Waals surface area (Å²) in [6.07, 6.45) is 3.50. The lowest BCUT2D eigenvalue weighted by molar-refractivity contribution is 0.102. The third-order valence-corrected chi connectivity index (χ3v) is 3.75. The number of rotatable bonds is 2. The van der Waals surface area contributed by atoms with Gasteiger partial charge in [-0.15, -0.1) is 5.10 Å². The standard InChI is InChI=1S/C11H16N4O3/c1-14-10(16)9(13-15(2)11(14)17)12-7-5-6-3-4-8(7)18-6/h6-8H,3-5H2,1-2H3,(H,12,13). The van der Waals surface area contributed by atoms with Gasteiger partial charge < -0.3 is 10.1 Å². The van der Waals surface area contributed by atoms with Crippen molar-refractivity contribution in [2.24, 2.45) is 14.1 Å². The van der Waals surface area contributed by atoms with Crippen LogP contribution in [0, 0.1) is 0 Å². The van der Waals surface area contributed by atoms with Crippen molar-refractivity contribution in [3.05, 3.63) is 20.8 Å². The molecule has 2 bridgehead atoms. The molecule has 0 aromatic carbocycles. The van der Waals surface area contributed by atoms with Crippen molar-refractivity contribution in [3.8, 4) is 0 Å². The molecule has 2 aliphatic heterocycles. The predicted octanol–water partition coefficient (Wildman–Crippen LogP) is -0.789. The Morgan fingerprint density at radius 3 is 2.72 bits per heavy atom. The van der Waals surface area contributed by atoms with Gasteiger partial charge in [0.2, 0.25) is 5.82 Å². The molecule has 0 aliphatic carbocycles. The van der Waals surface area contributed by atoms with Crippen molar-refractivity contribution in [2.75, 3.05) is 5.32 Å². The monoisotopic (exact) mass is 252 g/mol. The molecule has 2 aliphatic rings. The molecule has 2 fully saturated rings. The number of hydrogen-bond donors (Lipinski definition) is 1. The summed E-state index contributed by atoms with van der Waals surface area (Å²) < 4.78 is 7.94. The van der Waals surface area contributed by atoms with Gasteiger partial charge in [-0.05, 0) is 19.3 Å². The third-order valence-electron chi connectivity index (χ3n) is 3.75. The van der Waals surface area contributed by atoms with Crippen LogP contribution in [0.4, 0.5) is 5.82 Å². The summed E-state index contributed by atoms with van der Waals surface area (Å²) in [4.78, 5) is 23.4. The van der Waals surface area contributed by atoms with Gasteiger partial charge >= 0.3 is 5.69 Å². The number of nitrogens with one attached hydrogen (secondary N) is 1. The number of anilines is 1. The Labute approximate surface area is 103 Å². The molecular formula is C11H16N4O3. The molecule has 3 unspecified atom stereocenters. The van der Waals surface area contributed by atoms with Crippen LogP contribution in [0.3, 0.4) is 0 Å². The summed E-state index contributed by atoms with van der Waals surface area (Å²) in [5.74, 6) is 0.223. The number of ether oxygens (including phenoxy) is 1. The lowest BCUT2D eigenvalue weighted by atomic mass is 9.95. The zero-order chi connectivity index (χ0) is 12.9. The van der Waals surface area contributed by atoms with E-state index in [1.54, 1.807) is 0 Å². The van der Waals surface area contributed by atoms with E-state index in [0.29, 0.717) is 6.10 Å². The Morgan fingerprint density at radius 1 is 1.33 bits per heavy atom. The molecular weight excluding hydrogens is 236 g/mol. The van der Waals surface area contributed by atoms with Crippen molar-refractivity contribution in [2.45, 2.75) is 37.5 Å². The smallest absolute Gasteiger partial charge is 0.346 e. The van der Waals surface area contributed by atoms with Gasteiger partial charge in [-0.25, -0.2) is 9.48 Å². The summed E-state index contributed by atoms with van der Waals surface area (Å²) in [5.41, 5.74) is -0.810. The predicted molar refractivity (Wildman–Crippen MR) is 64.6 cm³/mol.